The van der Waals surface area contributed by atoms with Crippen LogP contribution < -0.4 is 4.74 Å². The quantitative estimate of drug-likeness (QED) is 0.825. The van der Waals surface area contributed by atoms with Crippen molar-refractivity contribution in [3.8, 4) is 5.75 Å². The highest BCUT2D eigenvalue weighted by Crippen LogP contribution is 2.34. The molecule has 1 aromatic carbocycles. The maximum absolute atomic E-state index is 12.4. The van der Waals surface area contributed by atoms with Gasteiger partial charge in [-0.05, 0) is 30.7 Å². The fourth-order valence-electron chi connectivity index (χ4n) is 2.85. The SMILES string of the molecule is COc1ccc(C2C(=O)C=C(C)N3C=CC=CC23)cc1. The molecule has 3 nitrogen and oxygen atoms in total. The second-order valence-electron chi connectivity index (χ2n) is 5.06. The first kappa shape index (κ1) is 12.7. The number of ketones is 1. The van der Waals surface area contributed by atoms with E-state index in [0.29, 0.717) is 0 Å². The number of hydrogen-bond donors (Lipinski definition) is 0. The molecule has 0 N–H and O–H groups in total. The topological polar surface area (TPSA) is 29.5 Å². The Labute approximate surface area is 118 Å². The van der Waals surface area contributed by atoms with Crippen LogP contribution >= 0.6 is 0 Å². The number of methoxy groups -OCH3 is 1. The molecule has 2 aliphatic rings. The first-order chi connectivity index (χ1) is 9.70. The van der Waals surface area contributed by atoms with Crippen LogP contribution in [0.15, 0.2) is 60.5 Å². The Balaban J connectivity index is 2.00. The molecule has 20 heavy (non-hydrogen) atoms. The second-order valence-corrected chi connectivity index (χ2v) is 5.06. The summed E-state index contributed by atoms with van der Waals surface area (Å²) in [4.78, 5) is 14.6. The molecule has 2 heterocycles. The normalized spacial score (nSPS) is 24.4. The number of fused-ring (bicyclic) bond motifs is 1. The van der Waals surface area contributed by atoms with Gasteiger partial charge in [0.15, 0.2) is 5.78 Å². The van der Waals surface area contributed by atoms with Gasteiger partial charge in [0, 0.05) is 18.0 Å². The van der Waals surface area contributed by atoms with E-state index in [1.807, 2.05) is 49.5 Å². The first-order valence-corrected chi connectivity index (χ1v) is 6.70. The minimum atomic E-state index is -0.161. The van der Waals surface area contributed by atoms with Gasteiger partial charge in [-0.25, -0.2) is 0 Å². The first-order valence-electron chi connectivity index (χ1n) is 6.70. The zero-order valence-electron chi connectivity index (χ0n) is 11.6. The number of rotatable bonds is 2. The Bertz CT molecular complexity index is 610. The number of nitrogens with zero attached hydrogens (tertiary/aromatic N) is 1. The summed E-state index contributed by atoms with van der Waals surface area (Å²) in [5, 5.41) is 0. The molecule has 102 valence electrons. The molecule has 0 saturated heterocycles. The van der Waals surface area contributed by atoms with Crippen molar-refractivity contribution in [2.45, 2.75) is 18.9 Å². The van der Waals surface area contributed by atoms with Crippen LogP contribution in [0.25, 0.3) is 0 Å². The zero-order valence-corrected chi connectivity index (χ0v) is 11.6. The molecule has 3 rings (SSSR count). The van der Waals surface area contributed by atoms with Crippen LogP contribution in [0.5, 0.6) is 5.75 Å². The van der Waals surface area contributed by atoms with Crippen LogP contribution in [0.3, 0.4) is 0 Å². The van der Waals surface area contributed by atoms with Crippen molar-refractivity contribution in [2.24, 2.45) is 0 Å². The monoisotopic (exact) mass is 267 g/mol. The molecule has 2 unspecified atom stereocenters. The lowest BCUT2D eigenvalue weighted by Crippen LogP contribution is -2.41. The van der Waals surface area contributed by atoms with Gasteiger partial charge in [-0.15, -0.1) is 0 Å². The summed E-state index contributed by atoms with van der Waals surface area (Å²) in [6.07, 6.45) is 9.84. The van der Waals surface area contributed by atoms with Crippen molar-refractivity contribution >= 4 is 5.78 Å². The Morgan fingerprint density at radius 3 is 2.60 bits per heavy atom. The number of benzene rings is 1. The van der Waals surface area contributed by atoms with Gasteiger partial charge in [0.05, 0.1) is 19.1 Å². The number of carbonyl (C=O) groups is 1. The van der Waals surface area contributed by atoms with Gasteiger partial charge in [-0.2, -0.15) is 0 Å². The molecule has 0 amide bonds. The lowest BCUT2D eigenvalue weighted by atomic mass is 9.82. The van der Waals surface area contributed by atoms with Crippen LogP contribution in [-0.2, 0) is 4.79 Å². The van der Waals surface area contributed by atoms with Crippen LogP contribution in [-0.4, -0.2) is 23.8 Å². The van der Waals surface area contributed by atoms with E-state index in [9.17, 15) is 4.79 Å². The maximum Gasteiger partial charge on any atom is 0.167 e. The summed E-state index contributed by atoms with van der Waals surface area (Å²) in [6, 6.07) is 7.81. The lowest BCUT2D eigenvalue weighted by Gasteiger charge is -2.39. The van der Waals surface area contributed by atoms with Crippen LogP contribution in [0.4, 0.5) is 0 Å². The number of allylic oxidation sites excluding steroid dienone is 4. The van der Waals surface area contributed by atoms with Crippen molar-refractivity contribution in [3.05, 3.63) is 66.0 Å². The van der Waals surface area contributed by atoms with E-state index in [2.05, 4.69) is 11.0 Å². The number of carbonyl (C=O) groups excluding carboxylic acids is 1. The number of hydrogen-bond acceptors (Lipinski definition) is 3. The molecule has 2 atom stereocenters. The van der Waals surface area contributed by atoms with E-state index in [0.717, 1.165) is 17.0 Å². The fourth-order valence-corrected chi connectivity index (χ4v) is 2.85. The lowest BCUT2D eigenvalue weighted by molar-refractivity contribution is -0.117. The molecule has 0 bridgehead atoms. The highest BCUT2D eigenvalue weighted by Gasteiger charge is 2.35. The largest absolute Gasteiger partial charge is 0.497 e. The van der Waals surface area contributed by atoms with E-state index in [-0.39, 0.29) is 17.7 Å². The van der Waals surface area contributed by atoms with Gasteiger partial charge in [0.1, 0.15) is 5.75 Å². The Hall–Kier alpha value is -2.29. The van der Waals surface area contributed by atoms with Gasteiger partial charge in [-0.1, -0.05) is 24.3 Å². The zero-order chi connectivity index (χ0) is 14.1. The minimum Gasteiger partial charge on any atom is -0.497 e. The molecule has 0 saturated carbocycles. The van der Waals surface area contributed by atoms with Gasteiger partial charge in [-0.3, -0.25) is 4.79 Å². The third-order valence-electron chi connectivity index (χ3n) is 3.87. The summed E-state index contributed by atoms with van der Waals surface area (Å²) >= 11 is 0. The average molecular weight is 267 g/mol. The minimum absolute atomic E-state index is 0.0610. The van der Waals surface area contributed by atoms with E-state index >= 15 is 0 Å². The molecule has 2 aliphatic heterocycles. The molecule has 0 aromatic heterocycles. The smallest absolute Gasteiger partial charge is 0.167 e. The van der Waals surface area contributed by atoms with E-state index in [1.54, 1.807) is 13.2 Å². The summed E-state index contributed by atoms with van der Waals surface area (Å²) in [6.45, 7) is 1.97. The predicted octanol–water partition coefficient (Wildman–Crippen LogP) is 3.02. The van der Waals surface area contributed by atoms with Crippen molar-refractivity contribution in [1.29, 1.82) is 0 Å². The van der Waals surface area contributed by atoms with Crippen LogP contribution in [0, 0.1) is 0 Å². The van der Waals surface area contributed by atoms with Gasteiger partial charge in [0.2, 0.25) is 0 Å². The van der Waals surface area contributed by atoms with E-state index in [1.165, 1.54) is 0 Å². The standard InChI is InChI=1S/C17H17NO2/c1-12-11-16(19)17(15-5-3-4-10-18(12)15)13-6-8-14(20-2)9-7-13/h3-11,15,17H,1-2H3. The highest BCUT2D eigenvalue weighted by molar-refractivity contribution is 5.98. The Morgan fingerprint density at radius 2 is 1.90 bits per heavy atom. The molecule has 0 spiro atoms. The van der Waals surface area contributed by atoms with Gasteiger partial charge >= 0.3 is 0 Å². The number of ether oxygens (including phenoxy) is 1. The van der Waals surface area contributed by atoms with E-state index in [4.69, 9.17) is 4.74 Å². The highest BCUT2D eigenvalue weighted by atomic mass is 16.5. The summed E-state index contributed by atoms with van der Waals surface area (Å²) in [7, 11) is 1.64. The summed E-state index contributed by atoms with van der Waals surface area (Å²) < 4.78 is 5.17. The third-order valence-corrected chi connectivity index (χ3v) is 3.87. The fraction of sp³-hybridized carbons (Fsp3) is 0.235. The molecule has 1 aromatic rings. The van der Waals surface area contributed by atoms with Crippen LogP contribution in [0.1, 0.15) is 18.4 Å². The Morgan fingerprint density at radius 1 is 1.15 bits per heavy atom. The molecule has 3 heteroatoms. The Kier molecular flexibility index (Phi) is 3.18. The predicted molar refractivity (Wildman–Crippen MR) is 78.4 cm³/mol. The van der Waals surface area contributed by atoms with Gasteiger partial charge in [0.25, 0.3) is 0 Å². The summed E-state index contributed by atoms with van der Waals surface area (Å²) in [5.41, 5.74) is 2.01. The molecular formula is C17H17NO2. The molecular weight excluding hydrogens is 250 g/mol. The van der Waals surface area contributed by atoms with Crippen LogP contribution in [0.2, 0.25) is 0 Å². The molecule has 0 fully saturated rings. The van der Waals surface area contributed by atoms with Gasteiger partial charge < -0.3 is 9.64 Å². The molecule has 0 radical (unpaired) electrons. The second kappa shape index (κ2) is 5.00. The van der Waals surface area contributed by atoms with Crippen molar-refractivity contribution in [3.63, 3.8) is 0 Å². The maximum atomic E-state index is 12.4. The van der Waals surface area contributed by atoms with Crippen molar-refractivity contribution in [2.75, 3.05) is 7.11 Å². The average Bonchev–Trinajstić information content (AvgIpc) is 2.48. The van der Waals surface area contributed by atoms with Crippen molar-refractivity contribution < 1.29 is 9.53 Å². The molecule has 0 aliphatic carbocycles. The third kappa shape index (κ3) is 2.05. The summed E-state index contributed by atoms with van der Waals surface area (Å²) in [5.74, 6) is 0.805. The van der Waals surface area contributed by atoms with Crippen molar-refractivity contribution in [1.82, 2.24) is 4.90 Å². The van der Waals surface area contributed by atoms with E-state index < -0.39 is 0 Å².